The van der Waals surface area contributed by atoms with Crippen molar-refractivity contribution in [3.63, 3.8) is 0 Å². The molecule has 36 heavy (non-hydrogen) atoms. The molecular weight excluding hydrogens is 440 g/mol. The zero-order valence-electron chi connectivity index (χ0n) is 19.5. The van der Waals surface area contributed by atoms with E-state index >= 15 is 0 Å². The maximum atomic E-state index is 9.23. The van der Waals surface area contributed by atoms with Crippen LogP contribution < -0.4 is 9.80 Å². The molecule has 0 aromatic heterocycles. The Kier molecular flexibility index (Phi) is 6.43. The van der Waals surface area contributed by atoms with Crippen molar-refractivity contribution in [1.29, 1.82) is 10.5 Å². The molecule has 0 aliphatic carbocycles. The third-order valence-corrected chi connectivity index (χ3v) is 5.90. The van der Waals surface area contributed by atoms with Gasteiger partial charge in [0.1, 0.15) is 0 Å². The second-order valence-electron chi connectivity index (χ2n) is 8.18. The number of nitriles is 2. The molecule has 0 N–H and O–H groups in total. The summed E-state index contributed by atoms with van der Waals surface area (Å²) in [5.74, 6) is 0. The minimum Gasteiger partial charge on any atom is -0.311 e. The fourth-order valence-corrected chi connectivity index (χ4v) is 4.17. The van der Waals surface area contributed by atoms with Gasteiger partial charge in [-0.05, 0) is 97.1 Å². The molecule has 0 radical (unpaired) electrons. The van der Waals surface area contributed by atoms with Gasteiger partial charge < -0.3 is 9.80 Å². The van der Waals surface area contributed by atoms with Crippen LogP contribution in [0, 0.1) is 22.7 Å². The van der Waals surface area contributed by atoms with Gasteiger partial charge in [-0.3, -0.25) is 0 Å². The predicted octanol–water partition coefficient (Wildman–Crippen LogP) is 8.37. The smallest absolute Gasteiger partial charge is 0.0991 e. The summed E-state index contributed by atoms with van der Waals surface area (Å²) in [5.41, 5.74) is 7.22. The van der Waals surface area contributed by atoms with Crippen molar-refractivity contribution in [3.8, 4) is 12.1 Å². The van der Waals surface area contributed by atoms with E-state index in [9.17, 15) is 10.5 Å². The Hall–Kier alpha value is -5.32. The van der Waals surface area contributed by atoms with Crippen molar-refractivity contribution in [1.82, 2.24) is 0 Å². The minimum absolute atomic E-state index is 0.607. The first kappa shape index (κ1) is 22.5. The lowest BCUT2D eigenvalue weighted by atomic mass is 10.1. The molecule has 0 unspecified atom stereocenters. The highest BCUT2D eigenvalue weighted by Gasteiger charge is 2.15. The summed E-state index contributed by atoms with van der Waals surface area (Å²) in [6, 6.07) is 48.3. The van der Waals surface area contributed by atoms with E-state index in [1.54, 1.807) is 0 Å². The lowest BCUT2D eigenvalue weighted by Crippen LogP contribution is -2.12. The summed E-state index contributed by atoms with van der Waals surface area (Å²) >= 11 is 0. The van der Waals surface area contributed by atoms with Gasteiger partial charge in [0, 0.05) is 34.1 Å². The topological polar surface area (TPSA) is 54.1 Å². The van der Waals surface area contributed by atoms with E-state index in [-0.39, 0.29) is 0 Å². The SMILES string of the molecule is N#Cc1ccc(N(c2ccc(C#N)cc2)c2ccc(N(c3ccccc3)c3ccccc3)cc2)cc1. The Bertz CT molecular complexity index is 1410. The monoisotopic (exact) mass is 462 g/mol. The summed E-state index contributed by atoms with van der Waals surface area (Å²) in [6.07, 6.45) is 0. The normalized spacial score (nSPS) is 10.2. The molecule has 0 saturated carbocycles. The number of anilines is 6. The number of hydrogen-bond donors (Lipinski definition) is 0. The molecule has 4 nitrogen and oxygen atoms in total. The van der Waals surface area contributed by atoms with Gasteiger partial charge in [0.25, 0.3) is 0 Å². The number of rotatable bonds is 6. The fourth-order valence-electron chi connectivity index (χ4n) is 4.17. The average molecular weight is 463 g/mol. The number of para-hydroxylation sites is 2. The van der Waals surface area contributed by atoms with Crippen LogP contribution in [0.3, 0.4) is 0 Å². The molecule has 0 fully saturated rings. The van der Waals surface area contributed by atoms with Crippen LogP contribution >= 0.6 is 0 Å². The zero-order chi connectivity index (χ0) is 24.7. The van der Waals surface area contributed by atoms with Gasteiger partial charge >= 0.3 is 0 Å². The van der Waals surface area contributed by atoms with Crippen LogP contribution in [-0.2, 0) is 0 Å². The van der Waals surface area contributed by atoms with E-state index in [1.165, 1.54) is 0 Å². The van der Waals surface area contributed by atoms with E-state index < -0.39 is 0 Å². The van der Waals surface area contributed by atoms with E-state index in [4.69, 9.17) is 0 Å². The Morgan fingerprint density at radius 1 is 0.333 bits per heavy atom. The molecule has 0 saturated heterocycles. The Morgan fingerprint density at radius 2 is 0.583 bits per heavy atom. The van der Waals surface area contributed by atoms with Crippen molar-refractivity contribution in [2.75, 3.05) is 9.80 Å². The minimum atomic E-state index is 0.607. The first-order valence-electron chi connectivity index (χ1n) is 11.6. The third-order valence-electron chi connectivity index (χ3n) is 5.90. The van der Waals surface area contributed by atoms with Gasteiger partial charge in [-0.25, -0.2) is 0 Å². The Labute approximate surface area is 211 Å². The van der Waals surface area contributed by atoms with Gasteiger partial charge in [0.2, 0.25) is 0 Å². The number of benzene rings is 5. The van der Waals surface area contributed by atoms with Gasteiger partial charge in [-0.1, -0.05) is 36.4 Å². The molecule has 4 heteroatoms. The highest BCUT2D eigenvalue weighted by atomic mass is 15.2. The highest BCUT2D eigenvalue weighted by molar-refractivity contribution is 5.81. The summed E-state index contributed by atoms with van der Waals surface area (Å²) in [4.78, 5) is 4.33. The molecule has 0 aliphatic rings. The van der Waals surface area contributed by atoms with Crippen molar-refractivity contribution >= 4 is 34.1 Å². The van der Waals surface area contributed by atoms with Crippen LogP contribution in [0.5, 0.6) is 0 Å². The van der Waals surface area contributed by atoms with E-state index in [0.717, 1.165) is 34.1 Å². The zero-order valence-corrected chi connectivity index (χ0v) is 19.5. The van der Waals surface area contributed by atoms with E-state index in [1.807, 2.05) is 84.9 Å². The Balaban J connectivity index is 1.57. The molecule has 0 aliphatic heterocycles. The molecule has 5 rings (SSSR count). The maximum absolute atomic E-state index is 9.23. The van der Waals surface area contributed by atoms with Crippen molar-refractivity contribution < 1.29 is 0 Å². The predicted molar refractivity (Wildman–Crippen MR) is 145 cm³/mol. The molecular formula is C32H22N4. The molecule has 0 spiro atoms. The van der Waals surface area contributed by atoms with Crippen LogP contribution in [0.1, 0.15) is 11.1 Å². The second kappa shape index (κ2) is 10.3. The molecule has 5 aromatic carbocycles. The fraction of sp³-hybridized carbons (Fsp3) is 0. The summed E-state index contributed by atoms with van der Waals surface area (Å²) in [6.45, 7) is 0. The van der Waals surface area contributed by atoms with E-state index in [2.05, 4.69) is 70.5 Å². The first-order chi connectivity index (χ1) is 17.8. The van der Waals surface area contributed by atoms with Gasteiger partial charge in [-0.2, -0.15) is 10.5 Å². The molecule has 0 atom stereocenters. The number of nitrogens with zero attached hydrogens (tertiary/aromatic N) is 4. The molecule has 0 amide bonds. The first-order valence-corrected chi connectivity index (χ1v) is 11.6. The standard InChI is InChI=1S/C32H22N4/c33-23-25-11-15-29(16-12-25)36(30-17-13-26(24-34)14-18-30)32-21-19-31(20-22-32)35(27-7-3-1-4-8-27)28-9-5-2-6-10-28/h1-22H. The molecule has 170 valence electrons. The van der Waals surface area contributed by atoms with Crippen molar-refractivity contribution in [3.05, 3.63) is 145 Å². The van der Waals surface area contributed by atoms with Gasteiger partial charge in [0.05, 0.1) is 23.3 Å². The van der Waals surface area contributed by atoms with Gasteiger partial charge in [0.15, 0.2) is 0 Å². The maximum Gasteiger partial charge on any atom is 0.0991 e. The van der Waals surface area contributed by atoms with Crippen LogP contribution in [-0.4, -0.2) is 0 Å². The van der Waals surface area contributed by atoms with Crippen molar-refractivity contribution in [2.45, 2.75) is 0 Å². The van der Waals surface area contributed by atoms with Crippen LogP contribution in [0.15, 0.2) is 133 Å². The number of hydrogen-bond acceptors (Lipinski definition) is 4. The summed E-state index contributed by atoms with van der Waals surface area (Å²) in [7, 11) is 0. The lowest BCUT2D eigenvalue weighted by molar-refractivity contribution is 1.25. The van der Waals surface area contributed by atoms with Gasteiger partial charge in [-0.15, -0.1) is 0 Å². The van der Waals surface area contributed by atoms with Crippen LogP contribution in [0.4, 0.5) is 34.1 Å². The molecule has 5 aromatic rings. The lowest BCUT2D eigenvalue weighted by Gasteiger charge is -2.28. The van der Waals surface area contributed by atoms with Crippen molar-refractivity contribution in [2.24, 2.45) is 0 Å². The van der Waals surface area contributed by atoms with Crippen LogP contribution in [0.25, 0.3) is 0 Å². The molecule has 0 heterocycles. The quantitative estimate of drug-likeness (QED) is 0.254. The summed E-state index contributed by atoms with van der Waals surface area (Å²) < 4.78 is 0. The average Bonchev–Trinajstić information content (AvgIpc) is 2.96. The highest BCUT2D eigenvalue weighted by Crippen LogP contribution is 2.38. The Morgan fingerprint density at radius 3 is 0.861 bits per heavy atom. The molecule has 0 bridgehead atoms. The largest absolute Gasteiger partial charge is 0.311 e. The second-order valence-corrected chi connectivity index (χ2v) is 8.18. The van der Waals surface area contributed by atoms with Crippen LogP contribution in [0.2, 0.25) is 0 Å². The summed E-state index contributed by atoms with van der Waals surface area (Å²) in [5, 5.41) is 18.5. The third kappa shape index (κ3) is 4.66. The van der Waals surface area contributed by atoms with E-state index in [0.29, 0.717) is 11.1 Å².